The standard InChI is InChI=1S/C19H24INO/c1-2-3-6-17-18(22)11-13-19(17)12-4-5-14-21(19)16-9-7-15(20)8-10-16/h7-11,13,17H,2-6,12,14H2,1H3/t17-,19-/m1/s1. The molecule has 1 aliphatic carbocycles. The molecule has 1 aliphatic heterocycles. The van der Waals surface area contributed by atoms with Crippen molar-refractivity contribution in [3.8, 4) is 0 Å². The van der Waals surface area contributed by atoms with Crippen LogP contribution in [0.2, 0.25) is 0 Å². The van der Waals surface area contributed by atoms with Crippen LogP contribution in [0, 0.1) is 9.49 Å². The van der Waals surface area contributed by atoms with Gasteiger partial charge in [-0.3, -0.25) is 4.79 Å². The van der Waals surface area contributed by atoms with Crippen LogP contribution in [0.5, 0.6) is 0 Å². The molecule has 1 aromatic rings. The van der Waals surface area contributed by atoms with Crippen LogP contribution in [0.1, 0.15) is 45.4 Å². The predicted octanol–water partition coefficient (Wildman–Crippen LogP) is 4.97. The molecule has 22 heavy (non-hydrogen) atoms. The number of anilines is 1. The lowest BCUT2D eigenvalue weighted by Crippen LogP contribution is -2.55. The van der Waals surface area contributed by atoms with Gasteiger partial charge >= 0.3 is 0 Å². The zero-order valence-electron chi connectivity index (χ0n) is 13.2. The molecule has 2 nitrogen and oxygen atoms in total. The van der Waals surface area contributed by atoms with Gasteiger partial charge in [-0.15, -0.1) is 0 Å². The van der Waals surface area contributed by atoms with Crippen LogP contribution < -0.4 is 4.90 Å². The Bertz CT molecular complexity index is 565. The molecule has 2 atom stereocenters. The lowest BCUT2D eigenvalue weighted by atomic mass is 9.75. The third kappa shape index (κ3) is 2.84. The second-order valence-corrected chi connectivity index (χ2v) is 7.75. The molecule has 3 heteroatoms. The first kappa shape index (κ1) is 16.0. The monoisotopic (exact) mass is 409 g/mol. The van der Waals surface area contributed by atoms with Gasteiger partial charge in [0.2, 0.25) is 0 Å². The van der Waals surface area contributed by atoms with E-state index in [0.717, 1.165) is 32.2 Å². The van der Waals surface area contributed by atoms with E-state index in [9.17, 15) is 4.79 Å². The molecule has 1 fully saturated rings. The summed E-state index contributed by atoms with van der Waals surface area (Å²) in [6.45, 7) is 3.26. The summed E-state index contributed by atoms with van der Waals surface area (Å²) in [5.74, 6) is 0.484. The number of halogens is 1. The van der Waals surface area contributed by atoms with E-state index in [1.54, 1.807) is 0 Å². The van der Waals surface area contributed by atoms with E-state index in [1.165, 1.54) is 22.1 Å². The maximum absolute atomic E-state index is 12.5. The van der Waals surface area contributed by atoms with Crippen molar-refractivity contribution in [2.24, 2.45) is 5.92 Å². The molecule has 3 rings (SSSR count). The van der Waals surface area contributed by atoms with E-state index in [0.29, 0.717) is 5.78 Å². The van der Waals surface area contributed by atoms with E-state index in [1.807, 2.05) is 6.08 Å². The molecule has 0 saturated carbocycles. The summed E-state index contributed by atoms with van der Waals surface area (Å²) < 4.78 is 1.26. The number of piperidine rings is 1. The zero-order chi connectivity index (χ0) is 15.6. The lowest BCUT2D eigenvalue weighted by Gasteiger charge is -2.49. The molecule has 2 aliphatic rings. The second kappa shape index (κ2) is 6.73. The number of carbonyl (C=O) groups excluding carboxylic acids is 1. The minimum absolute atomic E-state index is 0.0721. The maximum atomic E-state index is 12.5. The normalized spacial score (nSPS) is 27.8. The number of benzene rings is 1. The Hall–Kier alpha value is -0.840. The summed E-state index contributed by atoms with van der Waals surface area (Å²) in [7, 11) is 0. The van der Waals surface area contributed by atoms with Gasteiger partial charge in [-0.1, -0.05) is 25.8 Å². The number of allylic oxidation sites excluding steroid dienone is 1. The molecule has 1 aromatic carbocycles. The van der Waals surface area contributed by atoms with Gasteiger partial charge in [0, 0.05) is 21.7 Å². The number of rotatable bonds is 4. The second-order valence-electron chi connectivity index (χ2n) is 6.51. The molecule has 0 unspecified atom stereocenters. The highest BCUT2D eigenvalue weighted by atomic mass is 127. The van der Waals surface area contributed by atoms with Gasteiger partial charge in [0.15, 0.2) is 5.78 Å². The fourth-order valence-corrected chi connectivity index (χ4v) is 4.41. The van der Waals surface area contributed by atoms with Gasteiger partial charge in [-0.05, 0) is 78.6 Å². The first-order valence-corrected chi connectivity index (χ1v) is 9.51. The maximum Gasteiger partial charge on any atom is 0.161 e. The van der Waals surface area contributed by atoms with Gasteiger partial charge in [-0.2, -0.15) is 0 Å². The van der Waals surface area contributed by atoms with E-state index in [2.05, 4.69) is 64.8 Å². The van der Waals surface area contributed by atoms with Crippen molar-refractivity contribution in [1.29, 1.82) is 0 Å². The molecule has 1 heterocycles. The number of ketones is 1. The Kier molecular flexibility index (Phi) is 4.91. The fourth-order valence-electron chi connectivity index (χ4n) is 4.05. The molecule has 0 bridgehead atoms. The van der Waals surface area contributed by atoms with Crippen molar-refractivity contribution in [2.75, 3.05) is 11.4 Å². The first-order chi connectivity index (χ1) is 10.7. The Morgan fingerprint density at radius 2 is 2.05 bits per heavy atom. The Balaban J connectivity index is 1.95. The van der Waals surface area contributed by atoms with Crippen LogP contribution in [0.4, 0.5) is 5.69 Å². The van der Waals surface area contributed by atoms with E-state index in [-0.39, 0.29) is 11.5 Å². The molecule has 118 valence electrons. The molecule has 1 spiro atoms. The van der Waals surface area contributed by atoms with Crippen molar-refractivity contribution >= 4 is 34.1 Å². The fraction of sp³-hybridized carbons (Fsp3) is 0.526. The van der Waals surface area contributed by atoms with Crippen molar-refractivity contribution in [2.45, 2.75) is 51.0 Å². The number of nitrogens with zero attached hydrogens (tertiary/aromatic N) is 1. The van der Waals surface area contributed by atoms with Crippen molar-refractivity contribution in [3.63, 3.8) is 0 Å². The molecule has 0 amide bonds. The summed E-state index contributed by atoms with van der Waals surface area (Å²) in [5.41, 5.74) is 1.19. The lowest BCUT2D eigenvalue weighted by molar-refractivity contribution is -0.119. The third-order valence-electron chi connectivity index (χ3n) is 5.18. The average Bonchev–Trinajstić information content (AvgIpc) is 2.84. The van der Waals surface area contributed by atoms with Crippen LogP contribution in [-0.2, 0) is 4.79 Å². The van der Waals surface area contributed by atoms with Gasteiger partial charge in [0.05, 0.1) is 5.54 Å². The highest BCUT2D eigenvalue weighted by Crippen LogP contribution is 2.45. The minimum atomic E-state index is -0.0721. The third-order valence-corrected chi connectivity index (χ3v) is 5.90. The number of unbranched alkanes of at least 4 members (excludes halogenated alkanes) is 1. The summed E-state index contributed by atoms with van der Waals surface area (Å²) in [5, 5.41) is 0. The van der Waals surface area contributed by atoms with Gasteiger partial charge in [0.1, 0.15) is 0 Å². The topological polar surface area (TPSA) is 20.3 Å². The quantitative estimate of drug-likeness (QED) is 0.655. The largest absolute Gasteiger partial charge is 0.362 e. The molecule has 0 aromatic heterocycles. The molecular weight excluding hydrogens is 385 g/mol. The first-order valence-electron chi connectivity index (χ1n) is 8.43. The van der Waals surface area contributed by atoms with Crippen molar-refractivity contribution < 1.29 is 4.79 Å². The minimum Gasteiger partial charge on any atom is -0.362 e. The number of hydrogen-bond acceptors (Lipinski definition) is 2. The van der Waals surface area contributed by atoms with Crippen LogP contribution in [0.3, 0.4) is 0 Å². The summed E-state index contributed by atoms with van der Waals surface area (Å²) in [4.78, 5) is 15.0. The van der Waals surface area contributed by atoms with Crippen molar-refractivity contribution in [3.05, 3.63) is 40.0 Å². The highest BCUT2D eigenvalue weighted by Gasteiger charge is 2.48. The Morgan fingerprint density at radius 1 is 1.27 bits per heavy atom. The predicted molar refractivity (Wildman–Crippen MR) is 100 cm³/mol. The summed E-state index contributed by atoms with van der Waals surface area (Å²) >= 11 is 2.35. The highest BCUT2D eigenvalue weighted by molar-refractivity contribution is 14.1. The van der Waals surface area contributed by atoms with Gasteiger partial charge in [-0.25, -0.2) is 0 Å². The molecule has 0 N–H and O–H groups in total. The van der Waals surface area contributed by atoms with Crippen LogP contribution in [0.25, 0.3) is 0 Å². The molecule has 1 saturated heterocycles. The SMILES string of the molecule is CCCC[C@@H]1C(=O)C=C[C@]12CCCCN2c1ccc(I)cc1. The smallest absolute Gasteiger partial charge is 0.161 e. The van der Waals surface area contributed by atoms with Gasteiger partial charge in [0.25, 0.3) is 0 Å². The van der Waals surface area contributed by atoms with E-state index >= 15 is 0 Å². The molecular formula is C19H24INO. The molecule has 0 radical (unpaired) electrons. The summed E-state index contributed by atoms with van der Waals surface area (Å²) in [6.07, 6.45) is 10.9. The van der Waals surface area contributed by atoms with Crippen LogP contribution >= 0.6 is 22.6 Å². The van der Waals surface area contributed by atoms with E-state index in [4.69, 9.17) is 0 Å². The Labute approximate surface area is 147 Å². The average molecular weight is 409 g/mol. The van der Waals surface area contributed by atoms with Crippen molar-refractivity contribution in [1.82, 2.24) is 0 Å². The van der Waals surface area contributed by atoms with Crippen LogP contribution in [-0.4, -0.2) is 17.9 Å². The van der Waals surface area contributed by atoms with E-state index < -0.39 is 0 Å². The van der Waals surface area contributed by atoms with Crippen LogP contribution in [0.15, 0.2) is 36.4 Å². The summed E-state index contributed by atoms with van der Waals surface area (Å²) in [6, 6.07) is 8.75. The zero-order valence-corrected chi connectivity index (χ0v) is 15.4. The number of carbonyl (C=O) groups is 1. The van der Waals surface area contributed by atoms with Gasteiger partial charge < -0.3 is 4.90 Å². The Morgan fingerprint density at radius 3 is 2.77 bits per heavy atom. The number of hydrogen-bond donors (Lipinski definition) is 0.